The van der Waals surface area contributed by atoms with Gasteiger partial charge in [0, 0.05) is 18.7 Å². The maximum atomic E-state index is 12.4. The monoisotopic (exact) mass is 418 g/mol. The molecule has 3 aromatic rings. The number of alkyl halides is 3. The van der Waals surface area contributed by atoms with Gasteiger partial charge in [-0.2, -0.15) is 5.10 Å². The Morgan fingerprint density at radius 3 is 2.53 bits per heavy atom. The zero-order valence-corrected chi connectivity index (χ0v) is 15.6. The highest BCUT2D eigenvalue weighted by atomic mass is 19.4. The van der Waals surface area contributed by atoms with E-state index in [1.165, 1.54) is 24.7 Å². The van der Waals surface area contributed by atoms with Crippen LogP contribution in [0.2, 0.25) is 0 Å². The van der Waals surface area contributed by atoms with E-state index in [0.29, 0.717) is 11.5 Å². The third-order valence-corrected chi connectivity index (χ3v) is 4.53. The van der Waals surface area contributed by atoms with Crippen LogP contribution >= 0.6 is 0 Å². The zero-order valence-electron chi connectivity index (χ0n) is 15.6. The predicted molar refractivity (Wildman–Crippen MR) is 102 cm³/mol. The molecule has 4 rings (SSSR count). The molecule has 30 heavy (non-hydrogen) atoms. The number of nitrogens with one attached hydrogen (secondary N) is 1. The molecule has 0 spiro atoms. The number of hydrogen-bond donors (Lipinski definition) is 1. The Morgan fingerprint density at radius 1 is 1.10 bits per heavy atom. The first-order valence-corrected chi connectivity index (χ1v) is 9.16. The van der Waals surface area contributed by atoms with Gasteiger partial charge >= 0.3 is 6.36 Å². The van der Waals surface area contributed by atoms with Crippen LogP contribution in [0, 0.1) is 0 Å². The van der Waals surface area contributed by atoms with Gasteiger partial charge in [-0.15, -0.1) is 13.2 Å². The lowest BCUT2D eigenvalue weighted by Gasteiger charge is -2.19. The smallest absolute Gasteiger partial charge is 0.406 e. The highest BCUT2D eigenvalue weighted by molar-refractivity contribution is 6.04. The van der Waals surface area contributed by atoms with Crippen molar-refractivity contribution >= 4 is 17.3 Å². The second-order valence-corrected chi connectivity index (χ2v) is 6.63. The van der Waals surface area contributed by atoms with E-state index in [1.807, 2.05) is 0 Å². The van der Waals surface area contributed by atoms with Crippen LogP contribution in [-0.2, 0) is 0 Å². The Labute approximate surface area is 169 Å². The number of carbonyl (C=O) groups is 1. The first kappa shape index (κ1) is 19.7. The minimum atomic E-state index is -4.78. The minimum absolute atomic E-state index is 0.178. The van der Waals surface area contributed by atoms with Gasteiger partial charge in [-0.05, 0) is 37.1 Å². The first-order chi connectivity index (χ1) is 14.4. The van der Waals surface area contributed by atoms with Gasteiger partial charge in [-0.25, -0.2) is 14.6 Å². The number of aromatic nitrogens is 4. The van der Waals surface area contributed by atoms with Crippen LogP contribution in [-0.4, -0.2) is 45.1 Å². The number of benzene rings is 1. The van der Waals surface area contributed by atoms with Crippen molar-refractivity contribution in [2.75, 3.05) is 23.3 Å². The quantitative estimate of drug-likeness (QED) is 0.684. The van der Waals surface area contributed by atoms with E-state index in [1.54, 1.807) is 17.1 Å². The van der Waals surface area contributed by atoms with Gasteiger partial charge < -0.3 is 15.0 Å². The Balaban J connectivity index is 1.47. The molecule has 1 N–H and O–H groups in total. The van der Waals surface area contributed by atoms with Crippen LogP contribution < -0.4 is 15.0 Å². The summed E-state index contributed by atoms with van der Waals surface area (Å²) in [5, 5.41) is 6.92. The highest BCUT2D eigenvalue weighted by Gasteiger charge is 2.31. The average molecular weight is 418 g/mol. The molecule has 1 amide bonds. The maximum Gasteiger partial charge on any atom is 0.573 e. The number of ether oxygens (including phenoxy) is 1. The maximum absolute atomic E-state index is 12.4. The number of hydrogen-bond acceptors (Lipinski definition) is 6. The van der Waals surface area contributed by atoms with Gasteiger partial charge in [0.1, 0.15) is 17.8 Å². The predicted octanol–water partition coefficient (Wildman–Crippen LogP) is 3.41. The second-order valence-electron chi connectivity index (χ2n) is 6.63. The number of carbonyl (C=O) groups excluding carboxylic acids is 1. The first-order valence-electron chi connectivity index (χ1n) is 9.16. The number of rotatable bonds is 5. The summed E-state index contributed by atoms with van der Waals surface area (Å²) in [4.78, 5) is 23.0. The fourth-order valence-corrected chi connectivity index (χ4v) is 3.19. The lowest BCUT2D eigenvalue weighted by molar-refractivity contribution is -0.274. The van der Waals surface area contributed by atoms with Crippen LogP contribution in [0.4, 0.5) is 24.5 Å². The summed E-state index contributed by atoms with van der Waals surface area (Å²) in [5.41, 5.74) is 1.45. The molecule has 1 aliphatic heterocycles. The van der Waals surface area contributed by atoms with Gasteiger partial charge in [-0.1, -0.05) is 0 Å². The molecule has 0 bridgehead atoms. The van der Waals surface area contributed by atoms with E-state index in [-0.39, 0.29) is 5.56 Å². The standard InChI is InChI=1S/C19H17F3N6O2/c20-19(21,22)30-15-5-3-13(4-6-15)18(29)26-14-9-25-28(11-14)17-16(10-23-12-24-17)27-7-1-2-8-27/h3-6,9-12H,1-2,7-8H2,(H,26,29). The van der Waals surface area contributed by atoms with Crippen LogP contribution in [0.5, 0.6) is 5.75 Å². The average Bonchev–Trinajstić information content (AvgIpc) is 3.39. The van der Waals surface area contributed by atoms with E-state index in [4.69, 9.17) is 0 Å². The lowest BCUT2D eigenvalue weighted by atomic mass is 10.2. The van der Waals surface area contributed by atoms with E-state index in [2.05, 4.69) is 30.0 Å². The SMILES string of the molecule is O=C(Nc1cnn(-c2ncncc2N2CCCC2)c1)c1ccc(OC(F)(F)F)cc1. The van der Waals surface area contributed by atoms with Gasteiger partial charge in [0.05, 0.1) is 24.3 Å². The summed E-state index contributed by atoms with van der Waals surface area (Å²) in [6.45, 7) is 1.83. The lowest BCUT2D eigenvalue weighted by Crippen LogP contribution is -2.20. The third kappa shape index (κ3) is 4.50. The van der Waals surface area contributed by atoms with Crippen LogP contribution in [0.15, 0.2) is 49.2 Å². The summed E-state index contributed by atoms with van der Waals surface area (Å²) in [6, 6.07) is 4.65. The normalized spacial score (nSPS) is 14.0. The van der Waals surface area contributed by atoms with Gasteiger partial charge in [0.25, 0.3) is 5.91 Å². The van der Waals surface area contributed by atoms with E-state index in [9.17, 15) is 18.0 Å². The van der Waals surface area contributed by atoms with E-state index < -0.39 is 18.0 Å². The fraction of sp³-hybridized carbons (Fsp3) is 0.263. The number of amides is 1. The molecule has 1 saturated heterocycles. The molecule has 11 heteroatoms. The molecule has 156 valence electrons. The van der Waals surface area contributed by atoms with Crippen molar-refractivity contribution in [2.45, 2.75) is 19.2 Å². The Morgan fingerprint density at radius 2 is 1.83 bits per heavy atom. The van der Waals surface area contributed by atoms with Crippen molar-refractivity contribution in [1.29, 1.82) is 0 Å². The molecule has 1 aromatic carbocycles. The molecule has 2 aromatic heterocycles. The molecule has 0 unspecified atom stereocenters. The molecule has 1 fully saturated rings. The van der Waals surface area contributed by atoms with Crippen molar-refractivity contribution in [3.05, 3.63) is 54.7 Å². The van der Waals surface area contributed by atoms with Crippen molar-refractivity contribution in [1.82, 2.24) is 19.7 Å². The summed E-state index contributed by atoms with van der Waals surface area (Å²) < 4.78 is 42.0. The summed E-state index contributed by atoms with van der Waals surface area (Å²) in [6.07, 6.45) is 3.66. The van der Waals surface area contributed by atoms with Gasteiger partial charge in [-0.3, -0.25) is 4.79 Å². The summed E-state index contributed by atoms with van der Waals surface area (Å²) in [7, 11) is 0. The Bertz CT molecular complexity index is 1030. The minimum Gasteiger partial charge on any atom is -0.406 e. The molecular weight excluding hydrogens is 401 g/mol. The zero-order chi connectivity index (χ0) is 21.1. The Kier molecular flexibility index (Phi) is 5.25. The van der Waals surface area contributed by atoms with Crippen LogP contribution in [0.1, 0.15) is 23.2 Å². The van der Waals surface area contributed by atoms with Crippen LogP contribution in [0.25, 0.3) is 5.82 Å². The van der Waals surface area contributed by atoms with Gasteiger partial charge in [0.2, 0.25) is 0 Å². The van der Waals surface area contributed by atoms with E-state index in [0.717, 1.165) is 43.8 Å². The highest BCUT2D eigenvalue weighted by Crippen LogP contribution is 2.26. The molecule has 0 aliphatic carbocycles. The molecule has 0 radical (unpaired) electrons. The Hall–Kier alpha value is -3.63. The number of halogens is 3. The van der Waals surface area contributed by atoms with Crippen molar-refractivity contribution in [2.24, 2.45) is 0 Å². The van der Waals surface area contributed by atoms with E-state index >= 15 is 0 Å². The molecular formula is C19H17F3N6O2. The largest absolute Gasteiger partial charge is 0.573 e. The molecule has 0 atom stereocenters. The molecule has 1 aliphatic rings. The number of nitrogens with zero attached hydrogens (tertiary/aromatic N) is 5. The van der Waals surface area contributed by atoms with Crippen LogP contribution in [0.3, 0.4) is 0 Å². The topological polar surface area (TPSA) is 85.2 Å². The summed E-state index contributed by atoms with van der Waals surface area (Å²) >= 11 is 0. The fourth-order valence-electron chi connectivity index (χ4n) is 3.19. The van der Waals surface area contributed by atoms with Crippen molar-refractivity contribution in [3.8, 4) is 11.6 Å². The molecule has 3 heterocycles. The van der Waals surface area contributed by atoms with Crippen molar-refractivity contribution in [3.63, 3.8) is 0 Å². The summed E-state index contributed by atoms with van der Waals surface area (Å²) in [5.74, 6) is -0.290. The molecule has 8 nitrogen and oxygen atoms in total. The second kappa shape index (κ2) is 8.01. The number of anilines is 2. The van der Waals surface area contributed by atoms with Gasteiger partial charge in [0.15, 0.2) is 5.82 Å². The molecule has 0 saturated carbocycles. The third-order valence-electron chi connectivity index (χ3n) is 4.53. The van der Waals surface area contributed by atoms with Crippen molar-refractivity contribution < 1.29 is 22.7 Å².